The van der Waals surface area contributed by atoms with Gasteiger partial charge >= 0.3 is 6.09 Å². The van der Waals surface area contributed by atoms with Crippen LogP contribution in [-0.4, -0.2) is 44.2 Å². The predicted octanol–water partition coefficient (Wildman–Crippen LogP) is 4.55. The van der Waals surface area contributed by atoms with Gasteiger partial charge in [-0.25, -0.2) is 4.79 Å². The first-order chi connectivity index (χ1) is 14.7. The van der Waals surface area contributed by atoms with Crippen molar-refractivity contribution in [2.24, 2.45) is 0 Å². The average Bonchev–Trinajstić information content (AvgIpc) is 3.21. The fourth-order valence-electron chi connectivity index (χ4n) is 4.21. The molecule has 1 aliphatic heterocycles. The molecule has 1 saturated heterocycles. The van der Waals surface area contributed by atoms with Gasteiger partial charge in [0.2, 0.25) is 0 Å². The lowest BCUT2D eigenvalue weighted by Gasteiger charge is -2.34. The molecule has 0 unspecified atom stereocenters. The number of hydrogen-bond acceptors (Lipinski definition) is 4. The van der Waals surface area contributed by atoms with E-state index >= 15 is 0 Å². The lowest BCUT2D eigenvalue weighted by molar-refractivity contribution is 0.0204. The number of aromatic nitrogens is 3. The molecule has 0 saturated carbocycles. The van der Waals surface area contributed by atoms with Crippen molar-refractivity contribution in [2.75, 3.05) is 13.1 Å². The Bertz CT molecular complexity index is 1210. The Labute approximate surface area is 186 Å². The summed E-state index contributed by atoms with van der Waals surface area (Å²) in [6, 6.07) is 10.2. The van der Waals surface area contributed by atoms with E-state index in [1.54, 1.807) is 11.1 Å². The van der Waals surface area contributed by atoms with Crippen molar-refractivity contribution in [3.05, 3.63) is 62.8 Å². The minimum Gasteiger partial charge on any atom is -0.444 e. The number of fused-ring (bicyclic) bond motifs is 1. The Balaban J connectivity index is 1.55. The van der Waals surface area contributed by atoms with Gasteiger partial charge in [-0.3, -0.25) is 9.78 Å². The van der Waals surface area contributed by atoms with Gasteiger partial charge in [0.15, 0.2) is 4.77 Å². The second kappa shape index (κ2) is 8.34. The van der Waals surface area contributed by atoms with Crippen molar-refractivity contribution < 1.29 is 9.53 Å². The molecule has 1 aliphatic rings. The average molecular weight is 441 g/mol. The molecular formula is C23H28N4O3S. The lowest BCUT2D eigenvalue weighted by Crippen LogP contribution is -2.41. The molecule has 0 radical (unpaired) electrons. The highest BCUT2D eigenvalue weighted by Crippen LogP contribution is 2.31. The summed E-state index contributed by atoms with van der Waals surface area (Å²) in [5, 5.41) is 0. The molecule has 1 aromatic carbocycles. The molecule has 0 spiro atoms. The van der Waals surface area contributed by atoms with Gasteiger partial charge in [-0.15, -0.1) is 0 Å². The van der Waals surface area contributed by atoms with Crippen molar-refractivity contribution in [1.29, 1.82) is 0 Å². The number of hydrogen-bond donors (Lipinski definition) is 2. The van der Waals surface area contributed by atoms with Crippen molar-refractivity contribution in [3.8, 4) is 0 Å². The van der Waals surface area contributed by atoms with E-state index in [4.69, 9.17) is 17.0 Å². The van der Waals surface area contributed by atoms with Gasteiger partial charge in [0.1, 0.15) is 11.1 Å². The Morgan fingerprint density at radius 3 is 2.61 bits per heavy atom. The van der Waals surface area contributed by atoms with Gasteiger partial charge in [0, 0.05) is 19.3 Å². The van der Waals surface area contributed by atoms with Crippen LogP contribution < -0.4 is 5.56 Å². The highest BCUT2D eigenvalue weighted by Gasteiger charge is 2.28. The largest absolute Gasteiger partial charge is 0.444 e. The third kappa shape index (κ3) is 4.58. The number of carbonyl (C=O) groups excluding carboxylic acids is 1. The lowest BCUT2D eigenvalue weighted by atomic mass is 9.86. The van der Waals surface area contributed by atoms with Crippen LogP contribution in [0, 0.1) is 4.77 Å². The topological polar surface area (TPSA) is 83.1 Å². The van der Waals surface area contributed by atoms with Crippen LogP contribution in [-0.2, 0) is 11.3 Å². The van der Waals surface area contributed by atoms with Crippen molar-refractivity contribution >= 4 is 29.3 Å². The Kier molecular flexibility index (Phi) is 5.75. The SMILES string of the molecule is CC(C)(C)OC(=O)N1CCC(c2ccccc2Cn2c(=S)[nH]c(=O)c3[nH]ccc32)CC1. The maximum absolute atomic E-state index is 12.4. The summed E-state index contributed by atoms with van der Waals surface area (Å²) in [4.78, 5) is 32.1. The van der Waals surface area contributed by atoms with Crippen LogP contribution in [0.4, 0.5) is 4.79 Å². The second-order valence-corrected chi connectivity index (χ2v) is 9.41. The van der Waals surface area contributed by atoms with Gasteiger partial charge in [-0.2, -0.15) is 0 Å². The quantitative estimate of drug-likeness (QED) is 0.585. The van der Waals surface area contributed by atoms with E-state index in [0.717, 1.165) is 18.4 Å². The highest BCUT2D eigenvalue weighted by atomic mass is 32.1. The number of likely N-dealkylation sites (tertiary alicyclic amines) is 1. The normalized spacial score (nSPS) is 15.4. The fraction of sp³-hybridized carbons (Fsp3) is 0.435. The number of nitrogens with one attached hydrogen (secondary N) is 2. The number of H-pyrrole nitrogens is 2. The molecule has 164 valence electrons. The number of piperidine rings is 1. The maximum atomic E-state index is 12.4. The monoisotopic (exact) mass is 440 g/mol. The van der Waals surface area contributed by atoms with E-state index in [1.165, 1.54) is 11.1 Å². The number of amides is 1. The van der Waals surface area contributed by atoms with Crippen molar-refractivity contribution in [2.45, 2.75) is 51.7 Å². The van der Waals surface area contributed by atoms with Gasteiger partial charge in [0.05, 0.1) is 12.1 Å². The first-order valence-corrected chi connectivity index (χ1v) is 11.0. The molecule has 0 aliphatic carbocycles. The third-order valence-electron chi connectivity index (χ3n) is 5.68. The summed E-state index contributed by atoms with van der Waals surface area (Å²) < 4.78 is 7.88. The molecule has 2 N–H and O–H groups in total. The first-order valence-electron chi connectivity index (χ1n) is 10.6. The number of aromatic amines is 2. The molecule has 1 amide bonds. The van der Waals surface area contributed by atoms with E-state index in [-0.39, 0.29) is 11.7 Å². The molecule has 3 heterocycles. The van der Waals surface area contributed by atoms with Crippen LogP contribution in [0.5, 0.6) is 0 Å². The standard InChI is InChI=1S/C23H28N4O3S/c1-23(2,3)30-22(29)26-12-9-15(10-13-26)17-7-5-4-6-16(17)14-27-18-8-11-24-19(18)20(28)25-21(27)31/h4-8,11,15,24H,9-10,12-14H2,1-3H3,(H,25,28,31). The summed E-state index contributed by atoms with van der Waals surface area (Å²) in [6.45, 7) is 7.58. The molecule has 1 fully saturated rings. The molecule has 3 aromatic rings. The molecule has 4 rings (SSSR count). The Morgan fingerprint density at radius 1 is 1.19 bits per heavy atom. The van der Waals surface area contributed by atoms with E-state index in [1.807, 2.05) is 37.5 Å². The number of carbonyl (C=O) groups is 1. The highest BCUT2D eigenvalue weighted by molar-refractivity contribution is 7.71. The zero-order valence-corrected chi connectivity index (χ0v) is 18.9. The van der Waals surface area contributed by atoms with Crippen LogP contribution in [0.15, 0.2) is 41.3 Å². The minimum atomic E-state index is -0.486. The summed E-state index contributed by atoms with van der Waals surface area (Å²) in [5.74, 6) is 0.355. The zero-order valence-electron chi connectivity index (χ0n) is 18.1. The molecule has 8 heteroatoms. The molecular weight excluding hydrogens is 412 g/mol. The Morgan fingerprint density at radius 2 is 1.90 bits per heavy atom. The van der Waals surface area contributed by atoms with Crippen molar-refractivity contribution in [1.82, 2.24) is 19.4 Å². The minimum absolute atomic E-state index is 0.205. The number of nitrogens with zero attached hydrogens (tertiary/aromatic N) is 2. The predicted molar refractivity (Wildman–Crippen MR) is 123 cm³/mol. The van der Waals surface area contributed by atoms with Crippen LogP contribution in [0.3, 0.4) is 0 Å². The van der Waals surface area contributed by atoms with Crippen molar-refractivity contribution in [3.63, 3.8) is 0 Å². The number of rotatable bonds is 3. The summed E-state index contributed by atoms with van der Waals surface area (Å²) in [6.07, 6.45) is 3.28. The maximum Gasteiger partial charge on any atom is 0.410 e. The number of ether oxygens (including phenoxy) is 1. The molecule has 2 aromatic heterocycles. The Hall–Kier alpha value is -2.87. The summed E-state index contributed by atoms with van der Waals surface area (Å²) in [7, 11) is 0. The molecule has 7 nitrogen and oxygen atoms in total. The van der Waals surface area contributed by atoms with E-state index < -0.39 is 5.60 Å². The second-order valence-electron chi connectivity index (χ2n) is 9.02. The first kappa shape index (κ1) is 21.4. The van der Waals surface area contributed by atoms with Crippen LogP contribution >= 0.6 is 12.2 Å². The van der Waals surface area contributed by atoms with Crippen LogP contribution in [0.1, 0.15) is 50.7 Å². The summed E-state index contributed by atoms with van der Waals surface area (Å²) in [5.41, 5.74) is 3.07. The van der Waals surface area contributed by atoms with Crippen LogP contribution in [0.25, 0.3) is 11.0 Å². The van der Waals surface area contributed by atoms with Gasteiger partial charge in [0.25, 0.3) is 5.56 Å². The molecule has 0 atom stereocenters. The van der Waals surface area contributed by atoms with Gasteiger partial charge < -0.3 is 19.2 Å². The molecule has 31 heavy (non-hydrogen) atoms. The zero-order chi connectivity index (χ0) is 22.2. The van der Waals surface area contributed by atoms with Gasteiger partial charge in [-0.1, -0.05) is 24.3 Å². The van der Waals surface area contributed by atoms with Gasteiger partial charge in [-0.05, 0) is 68.9 Å². The third-order valence-corrected chi connectivity index (χ3v) is 6.00. The number of benzene rings is 1. The van der Waals surface area contributed by atoms with E-state index in [0.29, 0.717) is 35.8 Å². The molecule has 0 bridgehead atoms. The fourth-order valence-corrected chi connectivity index (χ4v) is 4.46. The van der Waals surface area contributed by atoms with E-state index in [9.17, 15) is 9.59 Å². The smallest absolute Gasteiger partial charge is 0.410 e. The summed E-state index contributed by atoms with van der Waals surface area (Å²) >= 11 is 5.45. The van der Waals surface area contributed by atoms with Crippen LogP contribution in [0.2, 0.25) is 0 Å². The van der Waals surface area contributed by atoms with E-state index in [2.05, 4.69) is 28.2 Å².